The maximum atomic E-state index is 12.3. The lowest BCUT2D eigenvalue weighted by atomic mass is 10.1. The highest BCUT2D eigenvalue weighted by atomic mass is 32.2. The Morgan fingerprint density at radius 1 is 1.04 bits per heavy atom. The van der Waals surface area contributed by atoms with Gasteiger partial charge in [0.15, 0.2) is 5.84 Å². The fourth-order valence-corrected chi connectivity index (χ4v) is 4.32. The Labute approximate surface area is 157 Å². The van der Waals surface area contributed by atoms with E-state index in [2.05, 4.69) is 15.0 Å². The number of hydrogen-bond acceptors (Lipinski definition) is 5. The molecule has 140 valence electrons. The van der Waals surface area contributed by atoms with Crippen molar-refractivity contribution < 1.29 is 17.9 Å². The van der Waals surface area contributed by atoms with Crippen LogP contribution in [0.4, 0.5) is 5.69 Å². The molecule has 2 heterocycles. The molecule has 2 aromatic carbocycles. The summed E-state index contributed by atoms with van der Waals surface area (Å²) in [4.78, 5) is 12.5. The van der Waals surface area contributed by atoms with Gasteiger partial charge >= 0.3 is 0 Å². The normalized spacial score (nSPS) is 18.4. The van der Waals surface area contributed by atoms with E-state index >= 15 is 0 Å². The quantitative estimate of drug-likeness (QED) is 0.844. The summed E-state index contributed by atoms with van der Waals surface area (Å²) in [5.74, 6) is 0.157. The molecule has 1 saturated heterocycles. The number of rotatable bonds is 3. The van der Waals surface area contributed by atoms with Gasteiger partial charge in [-0.05, 0) is 49.2 Å². The summed E-state index contributed by atoms with van der Waals surface area (Å²) in [5.41, 5.74) is 1.75. The predicted octanol–water partition coefficient (Wildman–Crippen LogP) is 2.16. The first kappa shape index (κ1) is 17.7. The standard InChI is InChI=1S/C19H19N3O4S/c23-19(21-15-9-11-26-12-10-15)13-5-7-14(8-6-13)20-18-16-3-1-2-4-17(16)27(24,25)22-18/h1-8,15H,9-12H2,(H,20,22)(H,21,23). The summed E-state index contributed by atoms with van der Waals surface area (Å²) in [6.07, 6.45) is 1.64. The van der Waals surface area contributed by atoms with Crippen LogP contribution in [0, 0.1) is 0 Å². The van der Waals surface area contributed by atoms with E-state index in [9.17, 15) is 13.2 Å². The van der Waals surface area contributed by atoms with Crippen molar-refractivity contribution in [2.75, 3.05) is 18.5 Å². The van der Waals surface area contributed by atoms with Crippen LogP contribution in [0.15, 0.2) is 57.8 Å². The minimum Gasteiger partial charge on any atom is -0.381 e. The number of ether oxygens (including phenoxy) is 1. The summed E-state index contributed by atoms with van der Waals surface area (Å²) in [5, 5.41) is 6.03. The molecule has 8 heteroatoms. The smallest absolute Gasteiger partial charge is 0.285 e. The Balaban J connectivity index is 1.46. The third-order valence-corrected chi connectivity index (χ3v) is 5.93. The van der Waals surface area contributed by atoms with Crippen LogP contribution in [0.25, 0.3) is 0 Å². The molecule has 7 nitrogen and oxygen atoms in total. The molecule has 0 unspecified atom stereocenters. The van der Waals surface area contributed by atoms with E-state index in [4.69, 9.17) is 4.74 Å². The molecule has 0 aliphatic carbocycles. The van der Waals surface area contributed by atoms with Crippen molar-refractivity contribution in [3.05, 3.63) is 59.7 Å². The number of carbonyl (C=O) groups is 1. The third kappa shape index (κ3) is 3.72. The van der Waals surface area contributed by atoms with Crippen LogP contribution in [0.5, 0.6) is 0 Å². The highest BCUT2D eigenvalue weighted by molar-refractivity contribution is 7.90. The average molecular weight is 385 g/mol. The van der Waals surface area contributed by atoms with E-state index in [1.807, 2.05) is 0 Å². The number of benzene rings is 2. The summed E-state index contributed by atoms with van der Waals surface area (Å²) in [6.45, 7) is 1.33. The van der Waals surface area contributed by atoms with Crippen molar-refractivity contribution in [3.63, 3.8) is 0 Å². The van der Waals surface area contributed by atoms with Crippen LogP contribution < -0.4 is 10.6 Å². The maximum Gasteiger partial charge on any atom is 0.285 e. The number of nitrogens with zero attached hydrogens (tertiary/aromatic N) is 1. The Hall–Kier alpha value is -2.71. The predicted molar refractivity (Wildman–Crippen MR) is 102 cm³/mol. The summed E-state index contributed by atoms with van der Waals surface area (Å²) >= 11 is 0. The van der Waals surface area contributed by atoms with Crippen molar-refractivity contribution in [1.82, 2.24) is 5.32 Å². The van der Waals surface area contributed by atoms with E-state index in [-0.39, 0.29) is 22.7 Å². The number of anilines is 1. The second-order valence-electron chi connectivity index (χ2n) is 6.47. The zero-order valence-electron chi connectivity index (χ0n) is 14.5. The number of amidine groups is 1. The van der Waals surface area contributed by atoms with Crippen molar-refractivity contribution in [1.29, 1.82) is 0 Å². The first-order valence-electron chi connectivity index (χ1n) is 8.73. The molecule has 0 radical (unpaired) electrons. The molecular formula is C19H19N3O4S. The lowest BCUT2D eigenvalue weighted by Crippen LogP contribution is -2.38. The Bertz CT molecular complexity index is 994. The van der Waals surface area contributed by atoms with E-state index in [1.165, 1.54) is 6.07 Å². The lowest BCUT2D eigenvalue weighted by Gasteiger charge is -2.23. The highest BCUT2D eigenvalue weighted by Crippen LogP contribution is 2.26. The number of sulfonamides is 1. The maximum absolute atomic E-state index is 12.3. The van der Waals surface area contributed by atoms with Gasteiger partial charge in [-0.2, -0.15) is 8.42 Å². The average Bonchev–Trinajstić information content (AvgIpc) is 2.94. The molecule has 4 rings (SSSR count). The van der Waals surface area contributed by atoms with Gasteiger partial charge in [-0.15, -0.1) is 4.40 Å². The second kappa shape index (κ2) is 7.13. The number of hydrogen-bond donors (Lipinski definition) is 2. The number of fused-ring (bicyclic) bond motifs is 1. The number of amides is 1. The molecule has 2 aromatic rings. The van der Waals surface area contributed by atoms with Gasteiger partial charge in [0.1, 0.15) is 4.90 Å². The topological polar surface area (TPSA) is 96.9 Å². The van der Waals surface area contributed by atoms with Gasteiger partial charge in [-0.25, -0.2) is 0 Å². The molecule has 0 atom stereocenters. The van der Waals surface area contributed by atoms with Crippen LogP contribution in [0.1, 0.15) is 28.8 Å². The fraction of sp³-hybridized carbons (Fsp3) is 0.263. The van der Waals surface area contributed by atoms with Gasteiger partial charge < -0.3 is 15.4 Å². The van der Waals surface area contributed by atoms with Crippen molar-refractivity contribution in [3.8, 4) is 0 Å². The Morgan fingerprint density at radius 2 is 1.74 bits per heavy atom. The molecule has 0 saturated carbocycles. The lowest BCUT2D eigenvalue weighted by molar-refractivity contribution is 0.0696. The van der Waals surface area contributed by atoms with Gasteiger partial charge in [0.2, 0.25) is 0 Å². The molecule has 2 N–H and O–H groups in total. The Kier molecular flexibility index (Phi) is 4.67. The van der Waals surface area contributed by atoms with E-state index in [0.717, 1.165) is 12.8 Å². The van der Waals surface area contributed by atoms with Gasteiger partial charge in [0.05, 0.1) is 0 Å². The summed E-state index contributed by atoms with van der Waals surface area (Å²) in [7, 11) is -3.66. The van der Waals surface area contributed by atoms with Crippen LogP contribution >= 0.6 is 0 Å². The second-order valence-corrected chi connectivity index (χ2v) is 8.05. The summed E-state index contributed by atoms with van der Waals surface area (Å²) < 4.78 is 33.3. The fourth-order valence-electron chi connectivity index (χ4n) is 3.15. The van der Waals surface area contributed by atoms with Gasteiger partial charge in [0, 0.05) is 36.1 Å². The van der Waals surface area contributed by atoms with Crippen LogP contribution in [-0.2, 0) is 14.8 Å². The molecule has 0 spiro atoms. The Morgan fingerprint density at radius 3 is 2.48 bits per heavy atom. The molecular weight excluding hydrogens is 366 g/mol. The zero-order chi connectivity index (χ0) is 18.9. The van der Waals surface area contributed by atoms with Crippen molar-refractivity contribution >= 4 is 27.5 Å². The van der Waals surface area contributed by atoms with Gasteiger partial charge in [0.25, 0.3) is 15.9 Å². The molecule has 2 aliphatic rings. The van der Waals surface area contributed by atoms with E-state index < -0.39 is 10.0 Å². The first-order chi connectivity index (χ1) is 13.0. The van der Waals surface area contributed by atoms with Gasteiger partial charge in [-0.3, -0.25) is 4.79 Å². The number of nitrogens with one attached hydrogen (secondary N) is 2. The monoisotopic (exact) mass is 385 g/mol. The van der Waals surface area contributed by atoms with Crippen molar-refractivity contribution in [2.24, 2.45) is 4.40 Å². The molecule has 1 amide bonds. The van der Waals surface area contributed by atoms with E-state index in [0.29, 0.717) is 30.0 Å². The minimum atomic E-state index is -3.66. The molecule has 27 heavy (non-hydrogen) atoms. The SMILES string of the molecule is O=C(NC1CCOCC1)c1ccc(NC2=NS(=O)(=O)c3ccccc32)cc1. The highest BCUT2D eigenvalue weighted by Gasteiger charge is 2.28. The number of carbonyl (C=O) groups excluding carboxylic acids is 1. The van der Waals surface area contributed by atoms with Crippen LogP contribution in [0.2, 0.25) is 0 Å². The van der Waals surface area contributed by atoms with Crippen LogP contribution in [0.3, 0.4) is 0 Å². The van der Waals surface area contributed by atoms with E-state index in [1.54, 1.807) is 42.5 Å². The molecule has 0 bridgehead atoms. The minimum absolute atomic E-state index is 0.125. The summed E-state index contributed by atoms with van der Waals surface area (Å²) in [6, 6.07) is 13.7. The first-order valence-corrected chi connectivity index (χ1v) is 10.2. The van der Waals surface area contributed by atoms with Crippen LogP contribution in [-0.4, -0.2) is 39.4 Å². The van der Waals surface area contributed by atoms with Gasteiger partial charge in [-0.1, -0.05) is 12.1 Å². The van der Waals surface area contributed by atoms with Crippen molar-refractivity contribution in [2.45, 2.75) is 23.8 Å². The molecule has 2 aliphatic heterocycles. The third-order valence-electron chi connectivity index (χ3n) is 4.60. The largest absolute Gasteiger partial charge is 0.381 e. The molecule has 0 aromatic heterocycles. The zero-order valence-corrected chi connectivity index (χ0v) is 15.3. The molecule has 1 fully saturated rings.